The van der Waals surface area contributed by atoms with Gasteiger partial charge in [0, 0.05) is 46.3 Å². The summed E-state index contributed by atoms with van der Waals surface area (Å²) in [5.41, 5.74) is 9.51. The van der Waals surface area contributed by atoms with E-state index in [1.54, 1.807) is 0 Å². The average molecular weight is 637 g/mol. The number of ether oxygens (including phenoxy) is 1. The van der Waals surface area contributed by atoms with Gasteiger partial charge in [0.2, 0.25) is 0 Å². The second kappa shape index (κ2) is 11.4. The van der Waals surface area contributed by atoms with Crippen molar-refractivity contribution in [3.8, 4) is 16.9 Å². The molecule has 6 aromatic rings. The van der Waals surface area contributed by atoms with Crippen molar-refractivity contribution in [1.29, 1.82) is 0 Å². The molecule has 6 aromatic carbocycles. The fourth-order valence-corrected chi connectivity index (χ4v) is 9.17. The summed E-state index contributed by atoms with van der Waals surface area (Å²) < 4.78 is 7.64. The Morgan fingerprint density at radius 1 is 0.735 bits per heavy atom. The van der Waals surface area contributed by atoms with Crippen LogP contribution in [0.15, 0.2) is 115 Å². The number of rotatable bonds is 5. The van der Waals surface area contributed by atoms with Crippen LogP contribution >= 0.6 is 0 Å². The fourth-order valence-electron chi connectivity index (χ4n) is 9.17. The molecule has 0 N–H and O–H groups in total. The highest BCUT2D eigenvalue weighted by molar-refractivity contribution is 6.08. The van der Waals surface area contributed by atoms with E-state index in [4.69, 9.17) is 11.3 Å². The largest absolute Gasteiger partial charge is 0.472 e. The molecule has 0 radical (unpaired) electrons. The second-order valence-corrected chi connectivity index (χ2v) is 14.0. The van der Waals surface area contributed by atoms with Crippen molar-refractivity contribution in [2.75, 3.05) is 18.0 Å². The fraction of sp³-hybridized carbons (Fsp3) is 0.239. The third-order valence-corrected chi connectivity index (χ3v) is 11.8. The first kappa shape index (κ1) is 29.8. The highest BCUT2D eigenvalue weighted by Gasteiger charge is 2.47. The highest BCUT2D eigenvalue weighted by atomic mass is 16.5. The van der Waals surface area contributed by atoms with Gasteiger partial charge in [0.25, 0.3) is 0 Å². The van der Waals surface area contributed by atoms with Crippen molar-refractivity contribution in [3.63, 3.8) is 0 Å². The Labute approximate surface area is 289 Å². The molecular weight excluding hydrogens is 597 g/mol. The zero-order valence-corrected chi connectivity index (χ0v) is 28.3. The number of nitrogens with zero attached hydrogens (tertiary/aromatic N) is 2. The molecule has 0 spiro atoms. The lowest BCUT2D eigenvalue weighted by atomic mass is 9.71. The lowest BCUT2D eigenvalue weighted by Gasteiger charge is -2.39. The minimum Gasteiger partial charge on any atom is -0.472 e. The topological polar surface area (TPSA) is 16.8 Å². The number of anilines is 1. The summed E-state index contributed by atoms with van der Waals surface area (Å²) in [4.78, 5) is 6.37. The van der Waals surface area contributed by atoms with Gasteiger partial charge >= 0.3 is 0 Å². The van der Waals surface area contributed by atoms with Gasteiger partial charge in [-0.15, -0.1) is 0 Å². The molecule has 3 nitrogen and oxygen atoms in total. The molecule has 3 aliphatic rings. The first-order valence-corrected chi connectivity index (χ1v) is 17.9. The van der Waals surface area contributed by atoms with Crippen LogP contribution in [0, 0.1) is 6.57 Å². The van der Waals surface area contributed by atoms with Crippen LogP contribution in [-0.2, 0) is 11.0 Å². The van der Waals surface area contributed by atoms with Gasteiger partial charge in [0.1, 0.15) is 5.75 Å². The van der Waals surface area contributed by atoms with E-state index in [1.807, 2.05) is 6.07 Å². The predicted molar refractivity (Wildman–Crippen MR) is 204 cm³/mol. The molecule has 1 aliphatic carbocycles. The van der Waals surface area contributed by atoms with Crippen LogP contribution in [0.25, 0.3) is 43.6 Å². The molecule has 2 aliphatic heterocycles. The van der Waals surface area contributed by atoms with E-state index in [0.29, 0.717) is 5.69 Å². The Morgan fingerprint density at radius 2 is 1.45 bits per heavy atom. The zero-order chi connectivity index (χ0) is 33.2. The molecule has 1 atom stereocenters. The zero-order valence-electron chi connectivity index (χ0n) is 28.3. The van der Waals surface area contributed by atoms with E-state index in [9.17, 15) is 0 Å². The smallest absolute Gasteiger partial charge is 0.187 e. The standard InChI is InChI=1S/C46H40N2O/c1-4-45(5-2)41-30-35(47-3)21-24-39(41)42-37-15-9-10-16-38(37)44-40(43(42)45)25-26-46(49-44,34-18-17-31-13-7-8-14-32(31)29-34)33-19-22-36(23-20-33)48-27-11-6-12-28-48/h7-10,13-26,29-30H,4-6,11-12,27-28H2,1-2H3. The van der Waals surface area contributed by atoms with Crippen molar-refractivity contribution >= 4 is 39.0 Å². The number of hydrogen-bond donors (Lipinski definition) is 0. The van der Waals surface area contributed by atoms with Crippen molar-refractivity contribution in [3.05, 3.63) is 155 Å². The van der Waals surface area contributed by atoms with Gasteiger partial charge in [-0.25, -0.2) is 4.85 Å². The van der Waals surface area contributed by atoms with E-state index in [1.165, 1.54) is 68.9 Å². The van der Waals surface area contributed by atoms with E-state index in [2.05, 4.69) is 139 Å². The molecule has 0 saturated carbocycles. The van der Waals surface area contributed by atoms with Crippen molar-refractivity contribution in [1.82, 2.24) is 0 Å². The Balaban J connectivity index is 1.30. The molecule has 49 heavy (non-hydrogen) atoms. The Bertz CT molecular complexity index is 2330. The van der Waals surface area contributed by atoms with E-state index >= 15 is 0 Å². The van der Waals surface area contributed by atoms with Gasteiger partial charge in [-0.3, -0.25) is 0 Å². The molecular formula is C46H40N2O. The van der Waals surface area contributed by atoms with Gasteiger partial charge < -0.3 is 9.64 Å². The number of piperidine rings is 1. The van der Waals surface area contributed by atoms with Gasteiger partial charge in [-0.1, -0.05) is 111 Å². The second-order valence-electron chi connectivity index (χ2n) is 14.0. The summed E-state index contributed by atoms with van der Waals surface area (Å²) in [5.74, 6) is 0.939. The lowest BCUT2D eigenvalue weighted by molar-refractivity contribution is 0.163. The van der Waals surface area contributed by atoms with Crippen LogP contribution in [0.4, 0.5) is 11.4 Å². The van der Waals surface area contributed by atoms with Gasteiger partial charge in [0.05, 0.1) is 6.57 Å². The molecule has 9 rings (SSSR count). The number of fused-ring (bicyclic) bond motifs is 9. The third-order valence-electron chi connectivity index (χ3n) is 11.8. The van der Waals surface area contributed by atoms with Crippen LogP contribution in [0.3, 0.4) is 0 Å². The molecule has 1 saturated heterocycles. The van der Waals surface area contributed by atoms with Crippen molar-refractivity contribution in [2.24, 2.45) is 0 Å². The minimum atomic E-state index is -0.821. The molecule has 240 valence electrons. The van der Waals surface area contributed by atoms with Crippen LogP contribution < -0.4 is 9.64 Å². The van der Waals surface area contributed by atoms with E-state index in [-0.39, 0.29) is 5.41 Å². The average Bonchev–Trinajstić information content (AvgIpc) is 3.48. The summed E-state index contributed by atoms with van der Waals surface area (Å²) in [6.07, 6.45) is 10.4. The summed E-state index contributed by atoms with van der Waals surface area (Å²) in [5, 5.41) is 4.75. The molecule has 2 heterocycles. The van der Waals surface area contributed by atoms with Crippen LogP contribution in [0.1, 0.15) is 73.8 Å². The first-order chi connectivity index (χ1) is 24.1. The maximum atomic E-state index is 7.81. The van der Waals surface area contributed by atoms with Crippen LogP contribution in [0.5, 0.6) is 5.75 Å². The molecule has 3 heteroatoms. The van der Waals surface area contributed by atoms with Gasteiger partial charge in [-0.05, 0) is 94.8 Å². The summed E-state index contributed by atoms with van der Waals surface area (Å²) in [6, 6.07) is 39.6. The van der Waals surface area contributed by atoms with Gasteiger partial charge in [-0.2, -0.15) is 0 Å². The predicted octanol–water partition coefficient (Wildman–Crippen LogP) is 12.0. The first-order valence-electron chi connectivity index (χ1n) is 17.9. The monoisotopic (exact) mass is 636 g/mol. The van der Waals surface area contributed by atoms with E-state index in [0.717, 1.165) is 48.2 Å². The Morgan fingerprint density at radius 3 is 2.20 bits per heavy atom. The van der Waals surface area contributed by atoms with Crippen molar-refractivity contribution in [2.45, 2.75) is 57.0 Å². The maximum Gasteiger partial charge on any atom is 0.187 e. The normalized spacial score (nSPS) is 18.8. The highest BCUT2D eigenvalue weighted by Crippen LogP contribution is 2.60. The summed E-state index contributed by atoms with van der Waals surface area (Å²) >= 11 is 0. The van der Waals surface area contributed by atoms with Gasteiger partial charge in [0.15, 0.2) is 11.3 Å². The molecule has 0 aromatic heterocycles. The molecule has 1 fully saturated rings. The Kier molecular flexibility index (Phi) is 6.92. The lowest BCUT2D eigenvalue weighted by Crippen LogP contribution is -2.35. The molecule has 1 unspecified atom stereocenters. The van der Waals surface area contributed by atoms with E-state index < -0.39 is 5.60 Å². The van der Waals surface area contributed by atoms with Crippen molar-refractivity contribution < 1.29 is 4.74 Å². The summed E-state index contributed by atoms with van der Waals surface area (Å²) in [7, 11) is 0. The molecule has 0 bridgehead atoms. The Hall–Kier alpha value is -5.33. The van der Waals surface area contributed by atoms with Crippen LogP contribution in [-0.4, -0.2) is 13.1 Å². The summed E-state index contributed by atoms with van der Waals surface area (Å²) in [6.45, 7) is 14.6. The third kappa shape index (κ3) is 4.33. The minimum absolute atomic E-state index is 0.216. The maximum absolute atomic E-state index is 7.81. The molecule has 0 amide bonds. The quantitative estimate of drug-likeness (QED) is 0.175. The van der Waals surface area contributed by atoms with Crippen LogP contribution in [0.2, 0.25) is 0 Å². The SMILES string of the molecule is [C-]#[N+]c1ccc2c(c1)C(CC)(CC)c1c3c(c4ccccc4c1-2)OC(c1ccc(N2CCCCC2)cc1)(c1ccc2ccccc2c1)C=C3. The number of benzene rings is 6. The number of hydrogen-bond acceptors (Lipinski definition) is 2.